The topological polar surface area (TPSA) is 88.5 Å². The van der Waals surface area contributed by atoms with Crippen LogP contribution >= 0.6 is 0 Å². The van der Waals surface area contributed by atoms with E-state index in [0.717, 1.165) is 16.9 Å². The normalized spacial score (nSPS) is 19.4. The van der Waals surface area contributed by atoms with Crippen molar-refractivity contribution in [2.24, 2.45) is 0 Å². The number of ketones is 1. The van der Waals surface area contributed by atoms with Crippen molar-refractivity contribution in [2.45, 2.75) is 39.0 Å². The van der Waals surface area contributed by atoms with Crippen LogP contribution in [-0.2, 0) is 22.6 Å². The van der Waals surface area contributed by atoms with Gasteiger partial charge in [0.25, 0.3) is 11.7 Å². The van der Waals surface area contributed by atoms with E-state index in [9.17, 15) is 14.7 Å². The number of carbonyl (C=O) groups excluding carboxylic acids is 2. The minimum atomic E-state index is -0.791. The molecule has 1 saturated heterocycles. The highest BCUT2D eigenvalue weighted by atomic mass is 16.5. The summed E-state index contributed by atoms with van der Waals surface area (Å²) in [5, 5.41) is 11.5. The maximum absolute atomic E-state index is 13.5. The number of nitrogens with zero attached hydrogens (tertiary/aromatic N) is 2. The van der Waals surface area contributed by atoms with E-state index in [1.54, 1.807) is 24.3 Å². The number of rotatable bonds is 10. The maximum Gasteiger partial charge on any atom is 0.295 e. The van der Waals surface area contributed by atoms with Crippen molar-refractivity contribution >= 4 is 17.4 Å². The first-order chi connectivity index (χ1) is 19.8. The molecular formula is C33H36N2O6. The third-order valence-electron chi connectivity index (χ3n) is 7.32. The Hall–Kier alpha value is -4.30. The van der Waals surface area contributed by atoms with Crippen LogP contribution in [0.2, 0.25) is 0 Å². The first-order valence-corrected chi connectivity index (χ1v) is 13.9. The number of carbonyl (C=O) groups is 2. The Kier molecular flexibility index (Phi) is 8.31. The quantitative estimate of drug-likeness (QED) is 0.214. The van der Waals surface area contributed by atoms with Crippen molar-refractivity contribution in [3.63, 3.8) is 0 Å². The maximum atomic E-state index is 13.5. The van der Waals surface area contributed by atoms with E-state index in [-0.39, 0.29) is 17.4 Å². The van der Waals surface area contributed by atoms with E-state index in [4.69, 9.17) is 14.2 Å². The van der Waals surface area contributed by atoms with Crippen molar-refractivity contribution in [3.05, 3.63) is 94.6 Å². The summed E-state index contributed by atoms with van der Waals surface area (Å²) in [5.74, 6) is 0.271. The molecular weight excluding hydrogens is 520 g/mol. The molecule has 0 unspecified atom stereocenters. The number of amides is 1. The van der Waals surface area contributed by atoms with E-state index >= 15 is 0 Å². The molecule has 0 aromatic heterocycles. The Balaban J connectivity index is 1.56. The van der Waals surface area contributed by atoms with Crippen molar-refractivity contribution < 1.29 is 28.9 Å². The molecule has 5 rings (SSSR count). The summed E-state index contributed by atoms with van der Waals surface area (Å²) >= 11 is 0. The van der Waals surface area contributed by atoms with Crippen LogP contribution < -0.4 is 14.2 Å². The fraction of sp³-hybridized carbons (Fsp3) is 0.333. The van der Waals surface area contributed by atoms with Crippen LogP contribution in [0.5, 0.6) is 17.2 Å². The van der Waals surface area contributed by atoms with Crippen LogP contribution in [0.3, 0.4) is 0 Å². The monoisotopic (exact) mass is 556 g/mol. The minimum absolute atomic E-state index is 0.0404. The molecule has 2 aliphatic rings. The number of Topliss-reactive ketones (excluding diaryl/α,β-unsaturated/α-hetero) is 1. The summed E-state index contributed by atoms with van der Waals surface area (Å²) in [6.45, 7) is 5.50. The van der Waals surface area contributed by atoms with Crippen molar-refractivity contribution in [1.82, 2.24) is 9.80 Å². The molecule has 1 N–H and O–H groups in total. The lowest BCUT2D eigenvalue weighted by atomic mass is 9.94. The molecule has 8 nitrogen and oxygen atoms in total. The zero-order valence-electron chi connectivity index (χ0n) is 23.9. The van der Waals surface area contributed by atoms with Gasteiger partial charge in [-0.25, -0.2) is 0 Å². The second kappa shape index (κ2) is 12.1. The smallest absolute Gasteiger partial charge is 0.295 e. The molecule has 0 aliphatic carbocycles. The lowest BCUT2D eigenvalue weighted by Gasteiger charge is -2.27. The Morgan fingerprint density at radius 2 is 1.80 bits per heavy atom. The molecule has 0 spiro atoms. The van der Waals surface area contributed by atoms with Crippen LogP contribution in [0.25, 0.3) is 5.76 Å². The SMILES string of the molecule is CCOc1cc([C@H]2/C(=C(\O)c3ccc4c(c3)C[C@@H](C)O4)C(=O)C(=O)N2CCN(C)C)ccc1OCc1ccccc1. The minimum Gasteiger partial charge on any atom is -0.507 e. The first kappa shape index (κ1) is 28.2. The summed E-state index contributed by atoms with van der Waals surface area (Å²) in [6.07, 6.45) is 0.748. The number of likely N-dealkylation sites (tertiary alicyclic amines) is 1. The summed E-state index contributed by atoms with van der Waals surface area (Å²) in [6, 6.07) is 19.8. The molecule has 1 amide bonds. The Morgan fingerprint density at radius 3 is 2.54 bits per heavy atom. The number of ether oxygens (including phenoxy) is 3. The van der Waals surface area contributed by atoms with Gasteiger partial charge < -0.3 is 29.1 Å². The fourth-order valence-electron chi connectivity index (χ4n) is 5.31. The number of hydrogen-bond donors (Lipinski definition) is 1. The molecule has 3 aromatic rings. The molecule has 2 heterocycles. The second-order valence-electron chi connectivity index (χ2n) is 10.7. The number of likely N-dealkylation sites (N-methyl/N-ethyl adjacent to an activating group) is 1. The van der Waals surface area contributed by atoms with Gasteiger partial charge >= 0.3 is 0 Å². The van der Waals surface area contributed by atoms with Crippen molar-refractivity contribution in [2.75, 3.05) is 33.8 Å². The Labute approximate surface area is 240 Å². The van der Waals surface area contributed by atoms with Gasteiger partial charge in [0.2, 0.25) is 0 Å². The number of fused-ring (bicyclic) bond motifs is 1. The fourth-order valence-corrected chi connectivity index (χ4v) is 5.31. The third kappa shape index (κ3) is 5.93. The largest absolute Gasteiger partial charge is 0.507 e. The summed E-state index contributed by atoms with van der Waals surface area (Å²) in [4.78, 5) is 30.3. The van der Waals surface area contributed by atoms with E-state index < -0.39 is 17.7 Å². The zero-order chi connectivity index (χ0) is 29.1. The first-order valence-electron chi connectivity index (χ1n) is 13.9. The van der Waals surface area contributed by atoms with Crippen LogP contribution in [0.1, 0.15) is 42.1 Å². The number of hydrogen-bond acceptors (Lipinski definition) is 7. The van der Waals surface area contributed by atoms with E-state index in [1.165, 1.54) is 4.90 Å². The standard InChI is InChI=1S/C33H36N2O6/c1-5-39-28-19-23(11-14-27(28)40-20-22-9-7-6-8-10-22)30-29(32(37)33(38)35(30)16-15-34(3)4)31(36)24-12-13-26-25(18-24)17-21(2)41-26/h6-14,18-19,21,30,36H,5,15-17,20H2,1-4H3/b31-29+/t21-,30+/m1/s1. The van der Waals surface area contributed by atoms with Gasteiger partial charge in [0.05, 0.1) is 18.2 Å². The summed E-state index contributed by atoms with van der Waals surface area (Å²) in [7, 11) is 3.82. The molecule has 214 valence electrons. The van der Waals surface area contributed by atoms with Crippen molar-refractivity contribution in [3.8, 4) is 17.2 Å². The van der Waals surface area contributed by atoms with Gasteiger partial charge in [0.1, 0.15) is 24.2 Å². The van der Waals surface area contributed by atoms with Crippen LogP contribution in [0, 0.1) is 0 Å². The predicted molar refractivity (Wildman–Crippen MR) is 156 cm³/mol. The Morgan fingerprint density at radius 1 is 1.02 bits per heavy atom. The highest BCUT2D eigenvalue weighted by molar-refractivity contribution is 6.46. The van der Waals surface area contributed by atoms with Crippen LogP contribution in [0.4, 0.5) is 0 Å². The highest BCUT2D eigenvalue weighted by Gasteiger charge is 2.46. The number of aliphatic hydroxyl groups is 1. The predicted octanol–water partition coefficient (Wildman–Crippen LogP) is 4.97. The van der Waals surface area contributed by atoms with Gasteiger partial charge in [0, 0.05) is 25.1 Å². The average Bonchev–Trinajstić information content (AvgIpc) is 3.46. The molecule has 3 aromatic carbocycles. The number of aliphatic hydroxyl groups excluding tert-OH is 1. The van der Waals surface area contributed by atoms with Gasteiger partial charge in [-0.3, -0.25) is 9.59 Å². The Bertz CT molecular complexity index is 1470. The molecule has 1 fully saturated rings. The molecule has 8 heteroatoms. The van der Waals surface area contributed by atoms with Gasteiger partial charge in [-0.2, -0.15) is 0 Å². The molecule has 0 radical (unpaired) electrons. The average molecular weight is 557 g/mol. The van der Waals surface area contributed by atoms with Gasteiger partial charge in [0.15, 0.2) is 11.5 Å². The molecule has 0 saturated carbocycles. The molecule has 2 aliphatic heterocycles. The highest BCUT2D eigenvalue weighted by Crippen LogP contribution is 2.43. The van der Waals surface area contributed by atoms with Gasteiger partial charge in [-0.05, 0) is 75.0 Å². The van der Waals surface area contributed by atoms with Gasteiger partial charge in [-0.1, -0.05) is 36.4 Å². The zero-order valence-corrected chi connectivity index (χ0v) is 23.9. The molecule has 0 bridgehead atoms. The van der Waals surface area contributed by atoms with Crippen molar-refractivity contribution in [1.29, 1.82) is 0 Å². The van der Waals surface area contributed by atoms with E-state index in [2.05, 4.69) is 0 Å². The molecule has 2 atom stereocenters. The van der Waals surface area contributed by atoms with E-state index in [1.807, 2.05) is 75.3 Å². The lowest BCUT2D eigenvalue weighted by molar-refractivity contribution is -0.140. The third-order valence-corrected chi connectivity index (χ3v) is 7.32. The second-order valence-corrected chi connectivity index (χ2v) is 10.7. The number of benzene rings is 3. The van der Waals surface area contributed by atoms with Crippen LogP contribution in [-0.4, -0.2) is 66.5 Å². The van der Waals surface area contributed by atoms with Gasteiger partial charge in [-0.15, -0.1) is 0 Å². The van der Waals surface area contributed by atoms with E-state index in [0.29, 0.717) is 55.4 Å². The lowest BCUT2D eigenvalue weighted by Crippen LogP contribution is -2.35. The molecule has 41 heavy (non-hydrogen) atoms. The summed E-state index contributed by atoms with van der Waals surface area (Å²) in [5.41, 5.74) is 3.16. The summed E-state index contributed by atoms with van der Waals surface area (Å²) < 4.78 is 17.8. The van der Waals surface area contributed by atoms with Crippen LogP contribution in [0.15, 0.2) is 72.3 Å².